The SMILES string of the molecule is CN(C)CCCOc1ccc(-c2cn(-c3ccc(NC(=O)Nc4cc(C(C)(C)C)on4)cc3)nn2)cc1. The van der Waals surface area contributed by atoms with E-state index < -0.39 is 6.03 Å². The van der Waals surface area contributed by atoms with E-state index in [2.05, 4.69) is 45.1 Å². The number of aromatic nitrogens is 4. The zero-order valence-electron chi connectivity index (χ0n) is 21.9. The molecule has 0 aliphatic rings. The van der Waals surface area contributed by atoms with Gasteiger partial charge in [0.25, 0.3) is 0 Å². The number of carbonyl (C=O) groups is 1. The van der Waals surface area contributed by atoms with E-state index in [1.807, 2.05) is 63.4 Å². The number of hydrogen-bond acceptors (Lipinski definition) is 7. The number of hydrogen-bond donors (Lipinski definition) is 2. The van der Waals surface area contributed by atoms with Crippen molar-refractivity contribution in [2.24, 2.45) is 0 Å². The molecule has 2 heterocycles. The number of benzene rings is 2. The summed E-state index contributed by atoms with van der Waals surface area (Å²) in [6.07, 6.45) is 2.83. The van der Waals surface area contributed by atoms with E-state index in [0.717, 1.165) is 35.7 Å². The Morgan fingerprint density at radius 2 is 1.78 bits per heavy atom. The standard InChI is InChI=1S/C27H33N7O3/c1-27(2,3)24-17-25(31-37-24)29-26(35)28-20-9-11-21(12-10-20)34-18-23(30-32-34)19-7-13-22(14-8-19)36-16-6-15-33(4)5/h7-14,17-18H,6,15-16H2,1-5H3,(H2,28,29,31,35). The van der Waals surface area contributed by atoms with Crippen LogP contribution < -0.4 is 15.4 Å². The minimum Gasteiger partial charge on any atom is -0.494 e. The van der Waals surface area contributed by atoms with Crippen LogP contribution in [0.3, 0.4) is 0 Å². The Kier molecular flexibility index (Phi) is 7.88. The summed E-state index contributed by atoms with van der Waals surface area (Å²) in [5.74, 6) is 1.89. The zero-order valence-corrected chi connectivity index (χ0v) is 21.9. The first kappa shape index (κ1) is 25.9. The highest BCUT2D eigenvalue weighted by Gasteiger charge is 2.20. The van der Waals surface area contributed by atoms with E-state index in [4.69, 9.17) is 9.26 Å². The van der Waals surface area contributed by atoms with Gasteiger partial charge in [0.05, 0.1) is 18.5 Å². The summed E-state index contributed by atoms with van der Waals surface area (Å²) >= 11 is 0. The van der Waals surface area contributed by atoms with Crippen LogP contribution in [0.5, 0.6) is 5.75 Å². The Labute approximate surface area is 216 Å². The largest absolute Gasteiger partial charge is 0.494 e. The fraction of sp³-hybridized carbons (Fsp3) is 0.333. The fourth-order valence-electron chi connectivity index (χ4n) is 3.48. The van der Waals surface area contributed by atoms with Crippen molar-refractivity contribution < 1.29 is 14.1 Å². The highest BCUT2D eigenvalue weighted by molar-refractivity contribution is 5.99. The van der Waals surface area contributed by atoms with Crippen molar-refractivity contribution in [3.05, 3.63) is 66.6 Å². The van der Waals surface area contributed by atoms with Crippen LogP contribution in [-0.4, -0.2) is 58.3 Å². The predicted octanol–water partition coefficient (Wildman–Crippen LogP) is 5.19. The average molecular weight is 504 g/mol. The smallest absolute Gasteiger partial charge is 0.324 e. The third-order valence-electron chi connectivity index (χ3n) is 5.54. The Bertz CT molecular complexity index is 1300. The van der Waals surface area contributed by atoms with Crippen molar-refractivity contribution in [1.82, 2.24) is 25.1 Å². The van der Waals surface area contributed by atoms with Gasteiger partial charge in [-0.3, -0.25) is 5.32 Å². The summed E-state index contributed by atoms with van der Waals surface area (Å²) in [4.78, 5) is 14.5. The van der Waals surface area contributed by atoms with Crippen molar-refractivity contribution in [1.29, 1.82) is 0 Å². The first-order chi connectivity index (χ1) is 17.7. The van der Waals surface area contributed by atoms with Crippen molar-refractivity contribution in [2.75, 3.05) is 37.9 Å². The monoisotopic (exact) mass is 503 g/mol. The number of urea groups is 1. The molecule has 0 spiro atoms. The number of anilines is 2. The molecule has 4 aromatic rings. The molecule has 0 bridgehead atoms. The van der Waals surface area contributed by atoms with Gasteiger partial charge in [0.1, 0.15) is 17.2 Å². The number of rotatable bonds is 9. The predicted molar refractivity (Wildman–Crippen MR) is 143 cm³/mol. The molecule has 2 aromatic heterocycles. The van der Waals surface area contributed by atoms with Gasteiger partial charge in [0.2, 0.25) is 0 Å². The number of nitrogens with zero attached hydrogens (tertiary/aromatic N) is 5. The van der Waals surface area contributed by atoms with Crippen LogP contribution in [0.2, 0.25) is 0 Å². The minimum absolute atomic E-state index is 0.191. The van der Waals surface area contributed by atoms with Crippen LogP contribution >= 0.6 is 0 Å². The lowest BCUT2D eigenvalue weighted by Gasteiger charge is -2.12. The minimum atomic E-state index is -0.408. The first-order valence-electron chi connectivity index (χ1n) is 12.1. The van der Waals surface area contributed by atoms with Crippen LogP contribution in [-0.2, 0) is 5.41 Å². The molecule has 10 heteroatoms. The molecule has 0 saturated heterocycles. The zero-order chi connectivity index (χ0) is 26.4. The van der Waals surface area contributed by atoms with Crippen molar-refractivity contribution >= 4 is 17.5 Å². The number of ether oxygens (including phenoxy) is 1. The molecule has 0 aliphatic carbocycles. The summed E-state index contributed by atoms with van der Waals surface area (Å²) < 4.78 is 12.8. The lowest BCUT2D eigenvalue weighted by atomic mass is 9.93. The fourth-order valence-corrected chi connectivity index (χ4v) is 3.48. The third-order valence-corrected chi connectivity index (χ3v) is 5.54. The second-order valence-corrected chi connectivity index (χ2v) is 10.0. The van der Waals surface area contributed by atoms with E-state index >= 15 is 0 Å². The summed E-state index contributed by atoms with van der Waals surface area (Å²) in [6.45, 7) is 7.70. The van der Waals surface area contributed by atoms with Crippen molar-refractivity contribution in [3.8, 4) is 22.7 Å². The van der Waals surface area contributed by atoms with E-state index in [1.54, 1.807) is 22.9 Å². The van der Waals surface area contributed by atoms with Crippen LogP contribution in [0.25, 0.3) is 16.9 Å². The molecule has 0 aliphatic heterocycles. The number of amides is 2. The Hall–Kier alpha value is -4.18. The molecule has 0 saturated carbocycles. The second kappa shape index (κ2) is 11.3. The molecule has 0 unspecified atom stereocenters. The van der Waals surface area contributed by atoms with E-state index in [-0.39, 0.29) is 5.41 Å². The van der Waals surface area contributed by atoms with Crippen LogP contribution in [0.15, 0.2) is 65.3 Å². The summed E-state index contributed by atoms with van der Waals surface area (Å²) in [5.41, 5.74) is 2.95. The molecule has 10 nitrogen and oxygen atoms in total. The topological polar surface area (TPSA) is 110 Å². The maximum atomic E-state index is 12.3. The van der Waals surface area contributed by atoms with Gasteiger partial charge < -0.3 is 19.5 Å². The molecule has 194 valence electrons. The third kappa shape index (κ3) is 7.17. The molecule has 2 N–H and O–H groups in total. The molecule has 2 amide bonds. The lowest BCUT2D eigenvalue weighted by molar-refractivity contribution is 0.262. The van der Waals surface area contributed by atoms with Gasteiger partial charge in [-0.25, -0.2) is 9.48 Å². The van der Waals surface area contributed by atoms with Gasteiger partial charge in [-0.05, 0) is 69.0 Å². The normalized spacial score (nSPS) is 11.5. The molecular formula is C27H33N7O3. The van der Waals surface area contributed by atoms with Crippen molar-refractivity contribution in [3.63, 3.8) is 0 Å². The summed E-state index contributed by atoms with van der Waals surface area (Å²) in [6, 6.07) is 16.4. The van der Waals surface area contributed by atoms with E-state index in [0.29, 0.717) is 23.9 Å². The molecular weight excluding hydrogens is 470 g/mol. The lowest BCUT2D eigenvalue weighted by Crippen LogP contribution is -2.19. The van der Waals surface area contributed by atoms with Crippen LogP contribution in [0.1, 0.15) is 33.0 Å². The highest BCUT2D eigenvalue weighted by atomic mass is 16.5. The van der Waals surface area contributed by atoms with Crippen LogP contribution in [0, 0.1) is 0 Å². The van der Waals surface area contributed by atoms with Gasteiger partial charge >= 0.3 is 6.03 Å². The molecule has 0 atom stereocenters. The number of carbonyl (C=O) groups excluding carboxylic acids is 1. The quantitative estimate of drug-likeness (QED) is 0.302. The molecule has 4 rings (SSSR count). The number of nitrogens with one attached hydrogen (secondary N) is 2. The molecule has 0 fully saturated rings. The first-order valence-corrected chi connectivity index (χ1v) is 12.1. The average Bonchev–Trinajstić information content (AvgIpc) is 3.53. The summed E-state index contributed by atoms with van der Waals surface area (Å²) in [5, 5.41) is 17.9. The van der Waals surface area contributed by atoms with Gasteiger partial charge in [-0.2, -0.15) is 0 Å². The molecule has 2 aromatic carbocycles. The Morgan fingerprint density at radius 1 is 1.05 bits per heavy atom. The molecule has 37 heavy (non-hydrogen) atoms. The maximum absolute atomic E-state index is 12.3. The van der Waals surface area contributed by atoms with Gasteiger partial charge in [-0.15, -0.1) is 5.10 Å². The summed E-state index contributed by atoms with van der Waals surface area (Å²) in [7, 11) is 4.10. The van der Waals surface area contributed by atoms with Crippen LogP contribution in [0.4, 0.5) is 16.3 Å². The molecule has 0 radical (unpaired) electrons. The maximum Gasteiger partial charge on any atom is 0.324 e. The van der Waals surface area contributed by atoms with Crippen molar-refractivity contribution in [2.45, 2.75) is 32.6 Å². The van der Waals surface area contributed by atoms with Gasteiger partial charge in [0.15, 0.2) is 5.82 Å². The Morgan fingerprint density at radius 3 is 2.43 bits per heavy atom. The van der Waals surface area contributed by atoms with E-state index in [1.165, 1.54) is 0 Å². The van der Waals surface area contributed by atoms with Gasteiger partial charge in [0, 0.05) is 29.3 Å². The second-order valence-electron chi connectivity index (χ2n) is 10.0. The Balaban J connectivity index is 1.32. The van der Waals surface area contributed by atoms with Gasteiger partial charge in [-0.1, -0.05) is 31.1 Å². The highest BCUT2D eigenvalue weighted by Crippen LogP contribution is 2.25. The van der Waals surface area contributed by atoms with E-state index in [9.17, 15) is 4.79 Å².